The molecule has 2 aromatic rings. The predicted molar refractivity (Wildman–Crippen MR) is 96.2 cm³/mol. The van der Waals surface area contributed by atoms with Crippen molar-refractivity contribution in [1.82, 2.24) is 15.1 Å². The third kappa shape index (κ3) is 4.31. The van der Waals surface area contributed by atoms with Crippen LogP contribution in [0.25, 0.3) is 0 Å². The lowest BCUT2D eigenvalue weighted by molar-refractivity contribution is 0.712. The second kappa shape index (κ2) is 7.40. The number of rotatable bonds is 5. The molecule has 1 aromatic carbocycles. The number of hydrogen-bond acceptors (Lipinski definition) is 2. The van der Waals surface area contributed by atoms with Gasteiger partial charge in [0.15, 0.2) is 5.11 Å². The first kappa shape index (κ1) is 16.5. The van der Waals surface area contributed by atoms with Crippen LogP contribution in [0.2, 0.25) is 0 Å². The molecule has 118 valence electrons. The van der Waals surface area contributed by atoms with Crippen LogP contribution in [-0.4, -0.2) is 14.9 Å². The molecular weight excluding hydrogens is 292 g/mol. The molecule has 0 radical (unpaired) electrons. The molecule has 1 aromatic heterocycles. The molecular formula is C17H24N4S. The summed E-state index contributed by atoms with van der Waals surface area (Å²) in [5.41, 5.74) is 4.48. The molecule has 0 amide bonds. The topological polar surface area (TPSA) is 41.9 Å². The van der Waals surface area contributed by atoms with Crippen LogP contribution >= 0.6 is 12.2 Å². The standard InChI is InChI=1S/C17H24N4S/c1-5-12(2)14-6-8-15(9-7-14)19-17(22)18-11-16-10-13(3)21(4)20-16/h6-10,12H,5,11H2,1-4H3,(H2,18,19,22). The van der Waals surface area contributed by atoms with Gasteiger partial charge >= 0.3 is 0 Å². The molecule has 1 unspecified atom stereocenters. The molecule has 0 spiro atoms. The summed E-state index contributed by atoms with van der Waals surface area (Å²) in [5.74, 6) is 0.589. The van der Waals surface area contributed by atoms with Gasteiger partial charge in [0.05, 0.1) is 12.2 Å². The predicted octanol–water partition coefficient (Wildman–Crippen LogP) is 3.73. The highest BCUT2D eigenvalue weighted by Gasteiger charge is 2.04. The Morgan fingerprint density at radius 2 is 2.00 bits per heavy atom. The van der Waals surface area contributed by atoms with E-state index in [0.29, 0.717) is 17.6 Å². The lowest BCUT2D eigenvalue weighted by Gasteiger charge is -2.12. The first-order valence-corrected chi connectivity index (χ1v) is 8.04. The van der Waals surface area contributed by atoms with Crippen molar-refractivity contribution < 1.29 is 0 Å². The minimum Gasteiger partial charge on any atom is -0.357 e. The van der Waals surface area contributed by atoms with Gasteiger partial charge in [0.2, 0.25) is 0 Å². The van der Waals surface area contributed by atoms with Crippen molar-refractivity contribution in [2.24, 2.45) is 7.05 Å². The maximum absolute atomic E-state index is 5.33. The lowest BCUT2D eigenvalue weighted by atomic mass is 9.99. The number of hydrogen-bond donors (Lipinski definition) is 2. The van der Waals surface area contributed by atoms with Gasteiger partial charge in [-0.15, -0.1) is 0 Å². The zero-order chi connectivity index (χ0) is 16.1. The summed E-state index contributed by atoms with van der Waals surface area (Å²) in [7, 11) is 1.94. The van der Waals surface area contributed by atoms with Gasteiger partial charge < -0.3 is 10.6 Å². The fourth-order valence-electron chi connectivity index (χ4n) is 2.20. The average molecular weight is 316 g/mol. The minimum atomic E-state index is 0.589. The summed E-state index contributed by atoms with van der Waals surface area (Å²) >= 11 is 5.33. The number of anilines is 1. The molecule has 0 bridgehead atoms. The highest BCUT2D eigenvalue weighted by molar-refractivity contribution is 7.80. The van der Waals surface area contributed by atoms with Crippen molar-refractivity contribution in [1.29, 1.82) is 0 Å². The van der Waals surface area contributed by atoms with Gasteiger partial charge in [-0.05, 0) is 55.2 Å². The second-order valence-corrected chi connectivity index (χ2v) is 6.05. The van der Waals surface area contributed by atoms with E-state index in [4.69, 9.17) is 12.2 Å². The summed E-state index contributed by atoms with van der Waals surface area (Å²) < 4.78 is 1.86. The van der Waals surface area contributed by atoms with Crippen LogP contribution in [0.15, 0.2) is 30.3 Å². The van der Waals surface area contributed by atoms with Gasteiger partial charge in [0.25, 0.3) is 0 Å². The SMILES string of the molecule is CCC(C)c1ccc(NC(=S)NCc2cc(C)n(C)n2)cc1. The third-order valence-corrected chi connectivity index (χ3v) is 4.19. The van der Waals surface area contributed by atoms with Crippen molar-refractivity contribution in [3.8, 4) is 0 Å². The van der Waals surface area contributed by atoms with E-state index in [0.717, 1.165) is 23.5 Å². The number of aromatic nitrogens is 2. The van der Waals surface area contributed by atoms with Crippen LogP contribution in [-0.2, 0) is 13.6 Å². The number of nitrogens with zero attached hydrogens (tertiary/aromatic N) is 2. The number of benzene rings is 1. The highest BCUT2D eigenvalue weighted by Crippen LogP contribution is 2.20. The number of thiocarbonyl (C=S) groups is 1. The molecule has 22 heavy (non-hydrogen) atoms. The normalized spacial score (nSPS) is 12.0. The van der Waals surface area contributed by atoms with Gasteiger partial charge in [-0.3, -0.25) is 4.68 Å². The van der Waals surface area contributed by atoms with E-state index in [9.17, 15) is 0 Å². The van der Waals surface area contributed by atoms with Gasteiger partial charge in [0, 0.05) is 18.4 Å². The van der Waals surface area contributed by atoms with Gasteiger partial charge in [0.1, 0.15) is 0 Å². The van der Waals surface area contributed by atoms with Crippen molar-refractivity contribution in [2.75, 3.05) is 5.32 Å². The van der Waals surface area contributed by atoms with Crippen LogP contribution in [0.1, 0.15) is 43.1 Å². The molecule has 2 rings (SSSR count). The van der Waals surface area contributed by atoms with Crippen molar-refractivity contribution >= 4 is 23.0 Å². The Kier molecular flexibility index (Phi) is 5.55. The maximum atomic E-state index is 5.33. The largest absolute Gasteiger partial charge is 0.357 e. The molecule has 0 aliphatic heterocycles. The van der Waals surface area contributed by atoms with Crippen molar-refractivity contribution in [3.63, 3.8) is 0 Å². The molecule has 0 fully saturated rings. The summed E-state index contributed by atoms with van der Waals surface area (Å²) in [5, 5.41) is 11.4. The fraction of sp³-hybridized carbons (Fsp3) is 0.412. The second-order valence-electron chi connectivity index (χ2n) is 5.64. The molecule has 5 heteroatoms. The Hall–Kier alpha value is -1.88. The number of nitrogens with one attached hydrogen (secondary N) is 2. The van der Waals surface area contributed by atoms with E-state index in [1.807, 2.05) is 18.7 Å². The summed E-state index contributed by atoms with van der Waals surface area (Å²) in [6.07, 6.45) is 1.15. The molecule has 0 saturated carbocycles. The Morgan fingerprint density at radius 3 is 2.55 bits per heavy atom. The van der Waals surface area contributed by atoms with E-state index in [-0.39, 0.29) is 0 Å². The summed E-state index contributed by atoms with van der Waals surface area (Å²) in [4.78, 5) is 0. The van der Waals surface area contributed by atoms with E-state index in [1.54, 1.807) is 0 Å². The molecule has 0 aliphatic rings. The monoisotopic (exact) mass is 316 g/mol. The fourth-order valence-corrected chi connectivity index (χ4v) is 2.39. The summed E-state index contributed by atoms with van der Waals surface area (Å²) in [6, 6.07) is 10.5. The third-order valence-electron chi connectivity index (χ3n) is 3.94. The molecule has 2 N–H and O–H groups in total. The van der Waals surface area contributed by atoms with Crippen molar-refractivity contribution in [3.05, 3.63) is 47.3 Å². The summed E-state index contributed by atoms with van der Waals surface area (Å²) in [6.45, 7) is 7.10. The quantitative estimate of drug-likeness (QED) is 0.825. The first-order chi connectivity index (χ1) is 10.5. The van der Waals surface area contributed by atoms with Crippen molar-refractivity contribution in [2.45, 2.75) is 39.7 Å². The molecule has 1 atom stereocenters. The Balaban J connectivity index is 1.86. The minimum absolute atomic E-state index is 0.589. The lowest BCUT2D eigenvalue weighted by Crippen LogP contribution is -2.28. The van der Waals surface area contributed by atoms with E-state index in [2.05, 4.69) is 59.9 Å². The molecule has 4 nitrogen and oxygen atoms in total. The van der Waals surface area contributed by atoms with Crippen LogP contribution in [0.3, 0.4) is 0 Å². The molecule has 0 saturated heterocycles. The van der Waals surface area contributed by atoms with E-state index < -0.39 is 0 Å². The van der Waals surface area contributed by atoms with Crippen LogP contribution in [0.4, 0.5) is 5.69 Å². The Morgan fingerprint density at radius 1 is 1.32 bits per heavy atom. The first-order valence-electron chi connectivity index (χ1n) is 7.64. The van der Waals surface area contributed by atoms with Gasteiger partial charge in [-0.25, -0.2) is 0 Å². The van der Waals surface area contributed by atoms with Crippen LogP contribution in [0, 0.1) is 6.92 Å². The van der Waals surface area contributed by atoms with Crippen LogP contribution < -0.4 is 10.6 Å². The van der Waals surface area contributed by atoms with E-state index >= 15 is 0 Å². The smallest absolute Gasteiger partial charge is 0.171 e. The zero-order valence-corrected chi connectivity index (χ0v) is 14.5. The number of aryl methyl sites for hydroxylation is 2. The zero-order valence-electron chi connectivity index (χ0n) is 13.7. The molecule has 1 heterocycles. The Bertz CT molecular complexity index is 611. The van der Waals surface area contributed by atoms with Gasteiger partial charge in [-0.2, -0.15) is 5.10 Å². The highest BCUT2D eigenvalue weighted by atomic mass is 32.1. The van der Waals surface area contributed by atoms with Crippen LogP contribution in [0.5, 0.6) is 0 Å². The Labute approximate surface area is 137 Å². The van der Waals surface area contributed by atoms with E-state index in [1.165, 1.54) is 5.56 Å². The molecule has 0 aliphatic carbocycles. The maximum Gasteiger partial charge on any atom is 0.171 e. The average Bonchev–Trinajstić information content (AvgIpc) is 2.84. The van der Waals surface area contributed by atoms with Gasteiger partial charge in [-0.1, -0.05) is 26.0 Å².